The number of carboxylic acids is 3. The molecular formula is C38H61N3O47S5. The van der Waals surface area contributed by atoms with Gasteiger partial charge in [0.1, 0.15) is 116 Å². The van der Waals surface area contributed by atoms with E-state index in [2.05, 4.69) is 12.5 Å². The fraction of sp³-hybridized carbons (Fsp3) is 0.895. The third-order valence-electron chi connectivity index (χ3n) is 14.0. The Labute approximate surface area is 519 Å². The van der Waals surface area contributed by atoms with Crippen molar-refractivity contribution in [3.63, 3.8) is 0 Å². The van der Waals surface area contributed by atoms with E-state index < -0.39 is 279 Å². The Morgan fingerprint density at radius 3 is 1.22 bits per heavy atom. The Morgan fingerprint density at radius 1 is 0.387 bits per heavy atom. The molecule has 0 aromatic rings. The van der Waals surface area contributed by atoms with Gasteiger partial charge in [-0.3, -0.25) is 27.6 Å². The van der Waals surface area contributed by atoms with Gasteiger partial charge in [0.25, 0.3) is 0 Å². The minimum absolute atomic E-state index is 0.692. The lowest BCUT2D eigenvalue weighted by Gasteiger charge is -2.50. The zero-order valence-corrected chi connectivity index (χ0v) is 50.0. The van der Waals surface area contributed by atoms with Gasteiger partial charge in [-0.25, -0.2) is 26.9 Å². The number of ether oxygens (including phenoxy) is 11. The Balaban J connectivity index is 1.30. The zero-order valence-electron chi connectivity index (χ0n) is 45.9. The van der Waals surface area contributed by atoms with Crippen LogP contribution in [-0.4, -0.2) is 364 Å². The van der Waals surface area contributed by atoms with E-state index in [-0.39, 0.29) is 0 Å². The van der Waals surface area contributed by atoms with Crippen molar-refractivity contribution < 1.29 is 220 Å². The van der Waals surface area contributed by atoms with Crippen molar-refractivity contribution in [3.05, 3.63) is 0 Å². The molecular weight excluding hydrogens is 1410 g/mol. The molecule has 0 aromatic heterocycles. The first-order chi connectivity index (χ1) is 42.7. The quantitative estimate of drug-likeness (QED) is 0.0340. The van der Waals surface area contributed by atoms with Gasteiger partial charge >= 0.3 is 69.7 Å². The lowest BCUT2D eigenvalue weighted by atomic mass is 9.94. The van der Waals surface area contributed by atoms with Crippen molar-refractivity contribution in [3.8, 4) is 0 Å². The van der Waals surface area contributed by atoms with Gasteiger partial charge in [-0.2, -0.15) is 51.5 Å². The number of aliphatic carboxylic acids is 3. The minimum Gasteiger partial charge on any atom is -0.479 e. The molecule has 6 aliphatic heterocycles. The van der Waals surface area contributed by atoms with E-state index in [1.54, 1.807) is 0 Å². The van der Waals surface area contributed by atoms with Crippen molar-refractivity contribution in [1.82, 2.24) is 14.8 Å². The Kier molecular flexibility index (Phi) is 25.8. The molecule has 30 atom stereocenters. The highest BCUT2D eigenvalue weighted by Crippen LogP contribution is 2.38. The number of carbonyl (C=O) groups is 4. The smallest absolute Gasteiger partial charge is 0.397 e. The molecule has 0 bridgehead atoms. The fourth-order valence-corrected chi connectivity index (χ4v) is 12.5. The van der Waals surface area contributed by atoms with E-state index in [1.807, 2.05) is 5.32 Å². The van der Waals surface area contributed by atoms with Gasteiger partial charge < -0.3 is 129 Å². The summed E-state index contributed by atoms with van der Waals surface area (Å²) < 4.78 is 242. The van der Waals surface area contributed by atoms with Crippen molar-refractivity contribution in [2.75, 3.05) is 19.8 Å². The molecule has 0 saturated carbocycles. The largest absolute Gasteiger partial charge is 0.479 e. The average Bonchev–Trinajstić information content (AvgIpc) is 0.775. The number of aliphatic hydroxyl groups is 11. The van der Waals surface area contributed by atoms with Gasteiger partial charge in [0.2, 0.25) is 5.91 Å². The molecule has 0 spiro atoms. The highest BCUT2D eigenvalue weighted by molar-refractivity contribution is 7.84. The molecule has 0 aliphatic carbocycles. The molecule has 6 rings (SSSR count). The van der Waals surface area contributed by atoms with Crippen molar-refractivity contribution in [2.45, 2.75) is 191 Å². The summed E-state index contributed by atoms with van der Waals surface area (Å²) >= 11 is 0. The summed E-state index contributed by atoms with van der Waals surface area (Å²) in [5.41, 5.74) is 0. The van der Waals surface area contributed by atoms with Crippen molar-refractivity contribution >= 4 is 75.6 Å². The van der Waals surface area contributed by atoms with E-state index in [4.69, 9.17) is 52.1 Å². The monoisotopic (exact) mass is 1470 g/mol. The molecule has 1 amide bonds. The summed E-state index contributed by atoms with van der Waals surface area (Å²) in [6.45, 7) is -3.70. The molecule has 0 unspecified atom stereocenters. The van der Waals surface area contributed by atoms with Crippen LogP contribution >= 0.6 is 0 Å². The molecule has 6 fully saturated rings. The highest BCUT2D eigenvalue weighted by atomic mass is 32.3. The maximum atomic E-state index is 12.9. The van der Waals surface area contributed by atoms with Crippen LogP contribution in [0.5, 0.6) is 0 Å². The molecule has 0 aromatic carbocycles. The van der Waals surface area contributed by atoms with Gasteiger partial charge in [-0.05, 0) is 0 Å². The van der Waals surface area contributed by atoms with Crippen LogP contribution in [-0.2, 0) is 136 Å². The van der Waals surface area contributed by atoms with E-state index in [9.17, 15) is 156 Å². The summed E-state index contributed by atoms with van der Waals surface area (Å²) in [7, 11) is -28.5. The van der Waals surface area contributed by atoms with Crippen LogP contribution in [0.15, 0.2) is 0 Å². The van der Waals surface area contributed by atoms with E-state index in [1.165, 1.54) is 9.44 Å². The average molecular weight is 1470 g/mol. The first-order valence-corrected chi connectivity index (χ1v) is 32.6. The highest BCUT2D eigenvalue weighted by Gasteiger charge is 2.61. The van der Waals surface area contributed by atoms with Crippen molar-refractivity contribution in [1.29, 1.82) is 0 Å². The summed E-state index contributed by atoms with van der Waals surface area (Å²) in [4.78, 5) is 50.6. The molecule has 6 heterocycles. The molecule has 50 nitrogen and oxygen atoms in total. The van der Waals surface area contributed by atoms with Crippen LogP contribution < -0.4 is 14.8 Å². The lowest BCUT2D eigenvalue weighted by molar-refractivity contribution is -0.377. The molecule has 6 saturated heterocycles. The second kappa shape index (κ2) is 30.6. The van der Waals surface area contributed by atoms with E-state index in [0.717, 1.165) is 0 Å². The first-order valence-electron chi connectivity index (χ1n) is 25.6. The Morgan fingerprint density at radius 2 is 0.763 bits per heavy atom. The standard InChI is InChI=1S/C38H61N3O47S5/c1-5(44)39-9-14(47)21(81-38-26(88-93(72,73)74)19(52)24(29(86-38)32(57)58)84-35-10(40-89(60,61)62)13(46)12(45)6(2-42)76-35)8(4-75-91(66,67)68)78-34(9)82-22-16(49)17(50)37(85-28(22)31(55)56)80-20-7(3-43)77-36(11(15(20)48)41-90(63,64)65)83-23-18(51)25(87-92(69,70)71)33(59)79-27(23)30(53)54/h6-29,33-38,40-43,45-52,59H,2-4H2,1H3,(H,39,44)(H,53,54)(H,55,56)(H,57,58)(H,60,61,62)(H,63,64,65)(H,66,67,68)(H,69,70,71)(H,72,73,74)/t6-,7-,8-,9-,10-,11-,12-,13-,14-,15-,16-,17-,18+,19+,20-,21-,22+,23+,24+,25-,26-,27-,28-,29-,33-,34-,35-,36-,37-,38-/m1/s1. The number of carbonyl (C=O) groups excluding carboxylic acids is 1. The Hall–Kier alpha value is -3.65. The predicted octanol–water partition coefficient (Wildman–Crippen LogP) is -15.4. The predicted molar refractivity (Wildman–Crippen MR) is 269 cm³/mol. The molecule has 55 heteroatoms. The second-order valence-electron chi connectivity index (χ2n) is 20.4. The maximum absolute atomic E-state index is 12.9. The van der Waals surface area contributed by atoms with Crippen LogP contribution in [0.4, 0.5) is 0 Å². The van der Waals surface area contributed by atoms with Crippen LogP contribution in [0.25, 0.3) is 0 Å². The van der Waals surface area contributed by atoms with Gasteiger partial charge in [0, 0.05) is 6.92 Å². The number of hydrogen-bond donors (Lipinski definition) is 22. The molecule has 22 N–H and O–H groups in total. The third kappa shape index (κ3) is 19.8. The topological polar surface area (TPSA) is 789 Å². The number of amides is 1. The number of aliphatic hydroxyl groups excluding tert-OH is 11. The van der Waals surface area contributed by atoms with Crippen LogP contribution in [0.1, 0.15) is 6.92 Å². The van der Waals surface area contributed by atoms with E-state index >= 15 is 0 Å². The van der Waals surface area contributed by atoms with Gasteiger partial charge in [-0.1, -0.05) is 0 Å². The summed E-state index contributed by atoms with van der Waals surface area (Å²) in [6.07, 6.45) is -71.6. The third-order valence-corrected chi connectivity index (χ3v) is 16.5. The van der Waals surface area contributed by atoms with Crippen LogP contribution in [0.3, 0.4) is 0 Å². The van der Waals surface area contributed by atoms with Crippen LogP contribution in [0, 0.1) is 0 Å². The van der Waals surface area contributed by atoms with Crippen LogP contribution in [0.2, 0.25) is 0 Å². The first kappa shape index (κ1) is 78.3. The fourth-order valence-electron chi connectivity index (χ4n) is 10.1. The SMILES string of the molecule is CC(=O)N[C@H]1[C@@H](O[C@H]2[C@H](O)[C@@H](O)[C@H](O[C@H]3[C@H](O)[C@@H](NS(=O)(=O)O)[C@@H](O[C@H]4[C@H](O)[C@@H](OS(=O)(=O)O)[C@H](O)O[C@H]4C(=O)O)O[C@@H]3CO)O[C@H]2C(=O)O)O[C@H](COS(=O)(=O)O)[C@@H](O[C@@H]2O[C@@H](C(=O)O)[C@@H](O[C@H]3O[C@H](CO)[C@@H](O)[C@H](O)[C@H]3NS(=O)(=O)O)[C@H](O)[C@H]2OS(=O)(=O)O)[C@@H]1O. The number of nitrogens with one attached hydrogen (secondary N) is 3. The normalized spacial score (nSPS) is 42.4. The number of rotatable bonds is 27. The minimum atomic E-state index is -6.00. The summed E-state index contributed by atoms with van der Waals surface area (Å²) in [5.74, 6) is -7.92. The molecule has 540 valence electrons. The van der Waals surface area contributed by atoms with Gasteiger partial charge in [-0.15, -0.1) is 0 Å². The maximum Gasteiger partial charge on any atom is 0.397 e. The van der Waals surface area contributed by atoms with E-state index in [0.29, 0.717) is 6.92 Å². The zero-order chi connectivity index (χ0) is 70.3. The van der Waals surface area contributed by atoms with Gasteiger partial charge in [0.15, 0.2) is 68.3 Å². The Bertz CT molecular complexity index is 3210. The summed E-state index contributed by atoms with van der Waals surface area (Å²) in [6, 6.07) is -7.46. The second-order valence-corrected chi connectivity index (χ2v) is 25.9. The van der Waals surface area contributed by atoms with Gasteiger partial charge in [0.05, 0.1) is 19.8 Å². The molecule has 93 heavy (non-hydrogen) atoms. The summed E-state index contributed by atoms with van der Waals surface area (Å²) in [5, 5.41) is 153. The number of hydrogen-bond acceptors (Lipinski definition) is 39. The number of carboxylic acid groups (broad SMARTS) is 3. The molecule has 6 aliphatic rings. The van der Waals surface area contributed by atoms with Crippen molar-refractivity contribution in [2.24, 2.45) is 0 Å². The molecule has 0 radical (unpaired) electrons. The lowest BCUT2D eigenvalue weighted by Crippen LogP contribution is -2.71.